The summed E-state index contributed by atoms with van der Waals surface area (Å²) in [5, 5.41) is 2.83. The molecule has 0 heterocycles. The number of aryl methyl sites for hydroxylation is 1. The highest BCUT2D eigenvalue weighted by Gasteiger charge is 2.15. The van der Waals surface area contributed by atoms with Crippen molar-refractivity contribution < 1.29 is 13.2 Å². The highest BCUT2D eigenvalue weighted by Crippen LogP contribution is 2.17. The van der Waals surface area contributed by atoms with Crippen LogP contribution in [0.2, 0.25) is 0 Å². The van der Waals surface area contributed by atoms with Crippen molar-refractivity contribution in [1.82, 2.24) is 5.32 Å². The van der Waals surface area contributed by atoms with E-state index in [0.717, 1.165) is 24.8 Å². The summed E-state index contributed by atoms with van der Waals surface area (Å²) in [7, 11) is -3.68. The van der Waals surface area contributed by atoms with Crippen molar-refractivity contribution in [2.45, 2.75) is 38.0 Å². The van der Waals surface area contributed by atoms with Gasteiger partial charge in [0.2, 0.25) is 0 Å². The largest absolute Gasteiger partial charge is 0.352 e. The van der Waals surface area contributed by atoms with Crippen LogP contribution in [-0.2, 0) is 10.0 Å². The first-order chi connectivity index (χ1) is 11.9. The molecule has 0 unspecified atom stereocenters. The van der Waals surface area contributed by atoms with Crippen molar-refractivity contribution >= 4 is 21.6 Å². The smallest absolute Gasteiger partial charge is 0.261 e. The standard InChI is InChI=1S/C19H24N2O3S/c1-3-4-5-13-20-19(22)16-9-11-18(12-10-16)25(23,24)21-17-8-6-7-15(2)14-17/h6-12,14,21H,3-5,13H2,1-2H3,(H,20,22). The van der Waals surface area contributed by atoms with Crippen LogP contribution < -0.4 is 10.0 Å². The van der Waals surface area contributed by atoms with Gasteiger partial charge in [0.1, 0.15) is 0 Å². The molecular weight excluding hydrogens is 336 g/mol. The van der Waals surface area contributed by atoms with Crippen LogP contribution in [-0.4, -0.2) is 20.9 Å². The Kier molecular flexibility index (Phi) is 6.58. The second-order valence-electron chi connectivity index (χ2n) is 5.96. The summed E-state index contributed by atoms with van der Waals surface area (Å²) >= 11 is 0. The average molecular weight is 360 g/mol. The summed E-state index contributed by atoms with van der Waals surface area (Å²) in [5.41, 5.74) is 1.93. The number of carbonyl (C=O) groups is 1. The maximum absolute atomic E-state index is 12.4. The zero-order valence-corrected chi connectivity index (χ0v) is 15.4. The number of rotatable bonds is 8. The van der Waals surface area contributed by atoms with Gasteiger partial charge in [0, 0.05) is 17.8 Å². The van der Waals surface area contributed by atoms with E-state index in [1.807, 2.05) is 13.0 Å². The fourth-order valence-corrected chi connectivity index (χ4v) is 3.44. The number of hydrogen-bond donors (Lipinski definition) is 2. The fourth-order valence-electron chi connectivity index (χ4n) is 2.39. The van der Waals surface area contributed by atoms with E-state index in [4.69, 9.17) is 0 Å². The molecule has 0 spiro atoms. The summed E-state index contributed by atoms with van der Waals surface area (Å²) in [5.74, 6) is -0.188. The van der Waals surface area contributed by atoms with Gasteiger partial charge in [-0.25, -0.2) is 8.42 Å². The van der Waals surface area contributed by atoms with Crippen molar-refractivity contribution in [2.24, 2.45) is 0 Å². The lowest BCUT2D eigenvalue weighted by atomic mass is 10.2. The monoisotopic (exact) mass is 360 g/mol. The molecule has 0 aliphatic rings. The quantitative estimate of drug-likeness (QED) is 0.705. The molecule has 1 amide bonds. The van der Waals surface area contributed by atoms with Gasteiger partial charge in [-0.3, -0.25) is 9.52 Å². The van der Waals surface area contributed by atoms with Gasteiger partial charge in [0.25, 0.3) is 15.9 Å². The summed E-state index contributed by atoms with van der Waals surface area (Å²) in [4.78, 5) is 12.1. The van der Waals surface area contributed by atoms with Crippen LogP contribution in [0, 0.1) is 6.92 Å². The number of amides is 1. The second-order valence-corrected chi connectivity index (χ2v) is 7.64. The first-order valence-corrected chi connectivity index (χ1v) is 9.88. The molecule has 0 atom stereocenters. The Balaban J connectivity index is 2.04. The number of carbonyl (C=O) groups excluding carboxylic acids is 1. The lowest BCUT2D eigenvalue weighted by Crippen LogP contribution is -2.24. The molecule has 2 aromatic carbocycles. The van der Waals surface area contributed by atoms with Crippen LogP contribution in [0.25, 0.3) is 0 Å². The van der Waals surface area contributed by atoms with Crippen LogP contribution in [0.3, 0.4) is 0 Å². The van der Waals surface area contributed by atoms with Crippen molar-refractivity contribution in [3.8, 4) is 0 Å². The molecule has 0 aliphatic carbocycles. The molecule has 6 heteroatoms. The second kappa shape index (κ2) is 8.67. The van der Waals surface area contributed by atoms with E-state index in [1.54, 1.807) is 18.2 Å². The number of benzene rings is 2. The molecule has 5 nitrogen and oxygen atoms in total. The molecule has 0 fully saturated rings. The zero-order valence-electron chi connectivity index (χ0n) is 14.6. The Morgan fingerprint density at radius 2 is 1.76 bits per heavy atom. The van der Waals surface area contributed by atoms with E-state index in [-0.39, 0.29) is 10.8 Å². The molecule has 25 heavy (non-hydrogen) atoms. The van der Waals surface area contributed by atoms with Crippen molar-refractivity contribution in [3.63, 3.8) is 0 Å². The number of nitrogens with one attached hydrogen (secondary N) is 2. The van der Waals surface area contributed by atoms with Gasteiger partial charge >= 0.3 is 0 Å². The Labute approximate surface area is 149 Å². The van der Waals surface area contributed by atoms with E-state index in [0.29, 0.717) is 17.8 Å². The van der Waals surface area contributed by atoms with Gasteiger partial charge in [-0.2, -0.15) is 0 Å². The highest BCUT2D eigenvalue weighted by atomic mass is 32.2. The topological polar surface area (TPSA) is 75.3 Å². The Bertz CT molecular complexity index is 815. The van der Waals surface area contributed by atoms with Gasteiger partial charge in [0.05, 0.1) is 4.90 Å². The predicted molar refractivity (Wildman–Crippen MR) is 100 cm³/mol. The molecule has 0 radical (unpaired) electrons. The minimum atomic E-state index is -3.68. The summed E-state index contributed by atoms with van der Waals surface area (Å²) in [6.07, 6.45) is 3.10. The SMILES string of the molecule is CCCCCNC(=O)c1ccc(S(=O)(=O)Nc2cccc(C)c2)cc1. The lowest BCUT2D eigenvalue weighted by molar-refractivity contribution is 0.0953. The van der Waals surface area contributed by atoms with Crippen LogP contribution in [0.4, 0.5) is 5.69 Å². The van der Waals surface area contributed by atoms with Crippen LogP contribution in [0.5, 0.6) is 0 Å². The van der Waals surface area contributed by atoms with Gasteiger partial charge in [-0.05, 0) is 55.3 Å². The van der Waals surface area contributed by atoms with E-state index < -0.39 is 10.0 Å². The molecule has 0 aliphatic heterocycles. The highest BCUT2D eigenvalue weighted by molar-refractivity contribution is 7.92. The number of unbranched alkanes of at least 4 members (excludes halogenated alkanes) is 2. The summed E-state index contributed by atoms with van der Waals surface area (Å²) in [6, 6.07) is 13.1. The molecule has 0 bridgehead atoms. The molecule has 0 saturated carbocycles. The molecule has 2 aromatic rings. The van der Waals surface area contributed by atoms with E-state index in [1.165, 1.54) is 24.3 Å². The molecular formula is C19H24N2O3S. The van der Waals surface area contributed by atoms with Crippen molar-refractivity contribution in [1.29, 1.82) is 0 Å². The van der Waals surface area contributed by atoms with Gasteiger partial charge in [-0.15, -0.1) is 0 Å². The van der Waals surface area contributed by atoms with Gasteiger partial charge in [0.15, 0.2) is 0 Å². The van der Waals surface area contributed by atoms with Crippen LogP contribution in [0.1, 0.15) is 42.1 Å². The molecule has 2 N–H and O–H groups in total. The molecule has 2 rings (SSSR count). The molecule has 0 aromatic heterocycles. The maximum atomic E-state index is 12.4. The molecule has 134 valence electrons. The number of hydrogen-bond acceptors (Lipinski definition) is 3. The normalized spacial score (nSPS) is 11.1. The van der Waals surface area contributed by atoms with Gasteiger partial charge < -0.3 is 5.32 Å². The first kappa shape index (κ1) is 19.0. The van der Waals surface area contributed by atoms with E-state index in [9.17, 15) is 13.2 Å². The lowest BCUT2D eigenvalue weighted by Gasteiger charge is -2.09. The summed E-state index contributed by atoms with van der Waals surface area (Å²) < 4.78 is 27.4. The third-order valence-corrected chi connectivity index (χ3v) is 5.16. The third-order valence-electron chi connectivity index (χ3n) is 3.76. The third kappa shape index (κ3) is 5.60. The summed E-state index contributed by atoms with van der Waals surface area (Å²) in [6.45, 7) is 4.62. The zero-order chi connectivity index (χ0) is 18.3. The Morgan fingerprint density at radius 1 is 1.04 bits per heavy atom. The number of sulfonamides is 1. The van der Waals surface area contributed by atoms with Crippen molar-refractivity contribution in [3.05, 3.63) is 59.7 Å². The van der Waals surface area contributed by atoms with Gasteiger partial charge in [-0.1, -0.05) is 31.9 Å². The van der Waals surface area contributed by atoms with E-state index in [2.05, 4.69) is 17.0 Å². The van der Waals surface area contributed by atoms with Crippen molar-refractivity contribution in [2.75, 3.05) is 11.3 Å². The van der Waals surface area contributed by atoms with Crippen LogP contribution in [0.15, 0.2) is 53.4 Å². The maximum Gasteiger partial charge on any atom is 0.261 e. The predicted octanol–water partition coefficient (Wildman–Crippen LogP) is 3.72. The van der Waals surface area contributed by atoms with Crippen LogP contribution >= 0.6 is 0 Å². The Hall–Kier alpha value is -2.34. The molecule has 0 saturated heterocycles. The number of anilines is 1. The minimum Gasteiger partial charge on any atom is -0.352 e. The average Bonchev–Trinajstić information content (AvgIpc) is 2.58. The minimum absolute atomic E-state index is 0.122. The van der Waals surface area contributed by atoms with E-state index >= 15 is 0 Å². The fraction of sp³-hybridized carbons (Fsp3) is 0.316. The first-order valence-electron chi connectivity index (χ1n) is 8.40. The Morgan fingerprint density at radius 3 is 2.40 bits per heavy atom.